The van der Waals surface area contributed by atoms with Crippen molar-refractivity contribution >= 4 is 5.91 Å². The number of aromatic nitrogens is 2. The molecule has 3 rings (SSSR count). The summed E-state index contributed by atoms with van der Waals surface area (Å²) >= 11 is 0. The molecule has 1 fully saturated rings. The SMILES string of the molecule is CN(C(=O)c1cnc(-c2ccccc2)nc1)C1CCC(CO)CC1. The summed E-state index contributed by atoms with van der Waals surface area (Å²) < 4.78 is 0. The number of carbonyl (C=O) groups is 1. The first kappa shape index (κ1) is 16.6. The molecule has 2 aromatic rings. The third kappa shape index (κ3) is 3.62. The normalized spacial score (nSPS) is 20.6. The van der Waals surface area contributed by atoms with Crippen molar-refractivity contribution in [3.8, 4) is 11.4 Å². The van der Waals surface area contributed by atoms with E-state index in [1.54, 1.807) is 17.3 Å². The largest absolute Gasteiger partial charge is 0.396 e. The van der Waals surface area contributed by atoms with Crippen molar-refractivity contribution in [2.75, 3.05) is 13.7 Å². The monoisotopic (exact) mass is 325 g/mol. The number of hydrogen-bond donors (Lipinski definition) is 1. The van der Waals surface area contributed by atoms with Crippen LogP contribution in [0, 0.1) is 5.92 Å². The molecular formula is C19H23N3O2. The predicted molar refractivity (Wildman–Crippen MR) is 92.4 cm³/mol. The molecule has 1 amide bonds. The fraction of sp³-hybridized carbons (Fsp3) is 0.421. The van der Waals surface area contributed by atoms with Crippen LogP contribution in [0.3, 0.4) is 0 Å². The Balaban J connectivity index is 1.67. The summed E-state index contributed by atoms with van der Waals surface area (Å²) in [4.78, 5) is 23.1. The van der Waals surface area contributed by atoms with Crippen LogP contribution in [0.4, 0.5) is 0 Å². The highest BCUT2D eigenvalue weighted by atomic mass is 16.3. The van der Waals surface area contributed by atoms with E-state index in [9.17, 15) is 9.90 Å². The average Bonchev–Trinajstić information content (AvgIpc) is 2.68. The fourth-order valence-corrected chi connectivity index (χ4v) is 3.26. The van der Waals surface area contributed by atoms with Gasteiger partial charge in [0.15, 0.2) is 5.82 Å². The lowest BCUT2D eigenvalue weighted by molar-refractivity contribution is 0.0652. The molecule has 0 radical (unpaired) electrons. The molecule has 1 saturated carbocycles. The number of rotatable bonds is 4. The molecule has 0 spiro atoms. The van der Waals surface area contributed by atoms with Crippen LogP contribution >= 0.6 is 0 Å². The summed E-state index contributed by atoms with van der Waals surface area (Å²) in [6.45, 7) is 0.249. The van der Waals surface area contributed by atoms with Crippen LogP contribution in [-0.4, -0.2) is 45.6 Å². The second kappa shape index (κ2) is 7.53. The van der Waals surface area contributed by atoms with E-state index in [1.807, 2.05) is 37.4 Å². The number of nitrogens with zero attached hydrogens (tertiary/aromatic N) is 3. The Morgan fingerprint density at radius 3 is 2.33 bits per heavy atom. The summed E-state index contributed by atoms with van der Waals surface area (Å²) in [7, 11) is 1.84. The zero-order valence-corrected chi connectivity index (χ0v) is 13.9. The van der Waals surface area contributed by atoms with Crippen LogP contribution in [0.15, 0.2) is 42.7 Å². The minimum atomic E-state index is -0.0398. The van der Waals surface area contributed by atoms with Crippen molar-refractivity contribution in [2.45, 2.75) is 31.7 Å². The Morgan fingerprint density at radius 1 is 1.12 bits per heavy atom. The smallest absolute Gasteiger partial charge is 0.256 e. The molecule has 1 aromatic heterocycles. The molecule has 0 aliphatic heterocycles. The molecule has 0 saturated heterocycles. The standard InChI is InChI=1S/C19H23N3O2/c1-22(17-9-7-14(13-23)8-10-17)19(24)16-11-20-18(21-12-16)15-5-3-2-4-6-15/h2-6,11-12,14,17,23H,7-10,13H2,1H3. The lowest BCUT2D eigenvalue weighted by atomic mass is 9.86. The Hall–Kier alpha value is -2.27. The quantitative estimate of drug-likeness (QED) is 0.938. The van der Waals surface area contributed by atoms with Gasteiger partial charge in [0.05, 0.1) is 5.56 Å². The second-order valence-electron chi connectivity index (χ2n) is 6.43. The van der Waals surface area contributed by atoms with E-state index in [1.165, 1.54) is 0 Å². The van der Waals surface area contributed by atoms with Crippen molar-refractivity contribution in [3.05, 3.63) is 48.3 Å². The highest BCUT2D eigenvalue weighted by Gasteiger charge is 2.27. The summed E-state index contributed by atoms with van der Waals surface area (Å²) in [5.41, 5.74) is 1.45. The van der Waals surface area contributed by atoms with E-state index >= 15 is 0 Å². The highest BCUT2D eigenvalue weighted by molar-refractivity contribution is 5.93. The van der Waals surface area contributed by atoms with Crippen molar-refractivity contribution in [1.29, 1.82) is 0 Å². The molecular weight excluding hydrogens is 302 g/mol. The molecule has 24 heavy (non-hydrogen) atoms. The van der Waals surface area contributed by atoms with Crippen LogP contribution in [0.1, 0.15) is 36.0 Å². The molecule has 1 aromatic carbocycles. The molecule has 126 valence electrons. The summed E-state index contributed by atoms with van der Waals surface area (Å²) in [6.07, 6.45) is 7.04. The van der Waals surface area contributed by atoms with E-state index in [4.69, 9.17) is 0 Å². The van der Waals surface area contributed by atoms with Crippen LogP contribution in [-0.2, 0) is 0 Å². The molecule has 0 unspecified atom stereocenters. The van der Waals surface area contributed by atoms with E-state index in [0.29, 0.717) is 17.3 Å². The first-order valence-electron chi connectivity index (χ1n) is 8.44. The van der Waals surface area contributed by atoms with Gasteiger partial charge in [-0.05, 0) is 31.6 Å². The summed E-state index contributed by atoms with van der Waals surface area (Å²) in [5, 5.41) is 9.23. The first-order valence-corrected chi connectivity index (χ1v) is 8.44. The number of benzene rings is 1. The predicted octanol–water partition coefficient (Wildman–Crippen LogP) is 2.77. The van der Waals surface area contributed by atoms with Gasteiger partial charge in [0.2, 0.25) is 0 Å². The first-order chi connectivity index (χ1) is 11.7. The van der Waals surface area contributed by atoms with Gasteiger partial charge >= 0.3 is 0 Å². The zero-order chi connectivity index (χ0) is 16.9. The van der Waals surface area contributed by atoms with Gasteiger partial charge < -0.3 is 10.0 Å². The molecule has 0 bridgehead atoms. The third-order valence-corrected chi connectivity index (χ3v) is 4.87. The van der Waals surface area contributed by atoms with E-state index in [0.717, 1.165) is 31.2 Å². The lowest BCUT2D eigenvalue weighted by Crippen LogP contribution is -2.40. The van der Waals surface area contributed by atoms with Crippen molar-refractivity contribution in [3.63, 3.8) is 0 Å². The van der Waals surface area contributed by atoms with Crippen LogP contribution in [0.5, 0.6) is 0 Å². The number of aliphatic hydroxyl groups is 1. The van der Waals surface area contributed by atoms with Crippen molar-refractivity contribution in [1.82, 2.24) is 14.9 Å². The van der Waals surface area contributed by atoms with Gasteiger partial charge in [0, 0.05) is 37.7 Å². The zero-order valence-electron chi connectivity index (χ0n) is 13.9. The Kier molecular flexibility index (Phi) is 5.20. The topological polar surface area (TPSA) is 66.3 Å². The van der Waals surface area contributed by atoms with Gasteiger partial charge in [0.25, 0.3) is 5.91 Å². The third-order valence-electron chi connectivity index (χ3n) is 4.87. The number of carbonyl (C=O) groups excluding carboxylic acids is 1. The van der Waals surface area contributed by atoms with Gasteiger partial charge in [-0.15, -0.1) is 0 Å². The summed E-state index contributed by atoms with van der Waals surface area (Å²) in [6, 6.07) is 9.95. The molecule has 1 aliphatic rings. The minimum Gasteiger partial charge on any atom is -0.396 e. The Morgan fingerprint density at radius 2 is 1.75 bits per heavy atom. The fourth-order valence-electron chi connectivity index (χ4n) is 3.26. The van der Waals surface area contributed by atoms with Crippen LogP contribution < -0.4 is 0 Å². The van der Waals surface area contributed by atoms with Gasteiger partial charge in [-0.25, -0.2) is 9.97 Å². The van der Waals surface area contributed by atoms with E-state index in [2.05, 4.69) is 9.97 Å². The van der Waals surface area contributed by atoms with Gasteiger partial charge in [-0.3, -0.25) is 4.79 Å². The molecule has 1 N–H and O–H groups in total. The van der Waals surface area contributed by atoms with Gasteiger partial charge in [-0.1, -0.05) is 30.3 Å². The van der Waals surface area contributed by atoms with Crippen molar-refractivity contribution in [2.24, 2.45) is 5.92 Å². The molecule has 1 aliphatic carbocycles. The maximum Gasteiger partial charge on any atom is 0.256 e. The maximum atomic E-state index is 12.6. The van der Waals surface area contributed by atoms with Crippen LogP contribution in [0.25, 0.3) is 11.4 Å². The molecule has 5 heteroatoms. The summed E-state index contributed by atoms with van der Waals surface area (Å²) in [5.74, 6) is 0.971. The van der Waals surface area contributed by atoms with Crippen LogP contribution in [0.2, 0.25) is 0 Å². The molecule has 1 heterocycles. The molecule has 0 atom stereocenters. The van der Waals surface area contributed by atoms with E-state index < -0.39 is 0 Å². The maximum absolute atomic E-state index is 12.6. The van der Waals surface area contributed by atoms with Gasteiger partial charge in [0.1, 0.15) is 0 Å². The number of aliphatic hydroxyl groups excluding tert-OH is 1. The van der Waals surface area contributed by atoms with Crippen molar-refractivity contribution < 1.29 is 9.90 Å². The average molecular weight is 325 g/mol. The van der Waals surface area contributed by atoms with E-state index in [-0.39, 0.29) is 18.6 Å². The second-order valence-corrected chi connectivity index (χ2v) is 6.43. The number of hydrogen-bond acceptors (Lipinski definition) is 4. The molecule has 5 nitrogen and oxygen atoms in total. The minimum absolute atomic E-state index is 0.0398. The lowest BCUT2D eigenvalue weighted by Gasteiger charge is -2.34. The number of amides is 1. The Bertz CT molecular complexity index is 665. The highest BCUT2D eigenvalue weighted by Crippen LogP contribution is 2.27. The Labute approximate surface area is 142 Å². The van der Waals surface area contributed by atoms with Gasteiger partial charge in [-0.2, -0.15) is 0 Å².